The zero-order valence-electron chi connectivity index (χ0n) is 15.1. The van der Waals surface area contributed by atoms with Gasteiger partial charge in [-0.2, -0.15) is 0 Å². The van der Waals surface area contributed by atoms with E-state index in [-0.39, 0.29) is 12.2 Å². The third-order valence-corrected chi connectivity index (χ3v) is 5.54. The molecule has 0 aromatic heterocycles. The lowest BCUT2D eigenvalue weighted by Crippen LogP contribution is -2.46. The van der Waals surface area contributed by atoms with Gasteiger partial charge in [0.05, 0.1) is 45.2 Å². The predicted molar refractivity (Wildman–Crippen MR) is 98.9 cm³/mol. The van der Waals surface area contributed by atoms with E-state index >= 15 is 0 Å². The highest BCUT2D eigenvalue weighted by atomic mass is 32.2. The Morgan fingerprint density at radius 3 is 2.12 bits per heavy atom. The van der Waals surface area contributed by atoms with Crippen LogP contribution in [0.3, 0.4) is 0 Å². The van der Waals surface area contributed by atoms with Gasteiger partial charge in [0.15, 0.2) is 0 Å². The number of rotatable bonds is 5. The summed E-state index contributed by atoms with van der Waals surface area (Å²) in [6, 6.07) is 17.3. The lowest BCUT2D eigenvalue weighted by molar-refractivity contribution is -0.874. The summed E-state index contributed by atoms with van der Waals surface area (Å²) in [4.78, 5) is 1.62. The first-order valence-electron chi connectivity index (χ1n) is 8.53. The zero-order chi connectivity index (χ0) is 17.9. The molecule has 1 aliphatic heterocycles. The van der Waals surface area contributed by atoms with Crippen molar-refractivity contribution in [2.75, 3.05) is 40.9 Å². The van der Waals surface area contributed by atoms with Gasteiger partial charge in [0.1, 0.15) is 18.8 Å². The smallest absolute Gasteiger partial charge is 0.130 e. The summed E-state index contributed by atoms with van der Waals surface area (Å²) in [7, 11) is 5.31. The molecule has 134 valence electrons. The van der Waals surface area contributed by atoms with E-state index in [0.717, 1.165) is 26.4 Å². The van der Waals surface area contributed by atoms with Crippen LogP contribution in [-0.4, -0.2) is 55.7 Å². The van der Waals surface area contributed by atoms with Gasteiger partial charge in [0.2, 0.25) is 0 Å². The van der Waals surface area contributed by atoms with Crippen LogP contribution in [0.5, 0.6) is 0 Å². The Labute approximate surface area is 152 Å². The molecule has 0 aliphatic carbocycles. The van der Waals surface area contributed by atoms with Crippen LogP contribution in [0.15, 0.2) is 64.4 Å². The molecule has 0 amide bonds. The second-order valence-corrected chi connectivity index (χ2v) is 8.88. The van der Waals surface area contributed by atoms with Crippen LogP contribution in [-0.2, 0) is 20.3 Å². The van der Waals surface area contributed by atoms with Crippen LogP contribution < -0.4 is 0 Å². The number of hydrogen-bond acceptors (Lipinski definition) is 3. The van der Waals surface area contributed by atoms with Crippen molar-refractivity contribution >= 4 is 10.8 Å². The fraction of sp³-hybridized carbons (Fsp3) is 0.400. The minimum atomic E-state index is -1.15. The molecule has 1 heterocycles. The van der Waals surface area contributed by atoms with Crippen LogP contribution in [0.25, 0.3) is 0 Å². The molecule has 1 aliphatic rings. The number of nitrogens with zero attached hydrogens (tertiary/aromatic N) is 1. The minimum absolute atomic E-state index is 0.0528. The number of ether oxygens (including phenoxy) is 2. The van der Waals surface area contributed by atoms with Gasteiger partial charge >= 0.3 is 0 Å². The monoisotopic (exact) mass is 360 g/mol. The third kappa shape index (κ3) is 4.98. The van der Waals surface area contributed by atoms with Crippen molar-refractivity contribution in [2.45, 2.75) is 22.0 Å². The molecule has 0 radical (unpaired) electrons. The van der Waals surface area contributed by atoms with E-state index in [4.69, 9.17) is 9.47 Å². The molecule has 3 rings (SSSR count). The molecule has 3 atom stereocenters. The fourth-order valence-electron chi connectivity index (χ4n) is 2.94. The minimum Gasteiger partial charge on any atom is -0.368 e. The molecule has 25 heavy (non-hydrogen) atoms. The average molecular weight is 360 g/mol. The molecular formula is C20H26NO3S+. The normalized spacial score (nSPS) is 22.5. The first-order valence-corrected chi connectivity index (χ1v) is 9.68. The largest absolute Gasteiger partial charge is 0.368 e. The lowest BCUT2D eigenvalue weighted by Gasteiger charge is -2.34. The summed E-state index contributed by atoms with van der Waals surface area (Å²) < 4.78 is 25.4. The van der Waals surface area contributed by atoms with Crippen LogP contribution in [0, 0.1) is 0 Å². The third-order valence-electron chi connectivity index (χ3n) is 4.14. The maximum atomic E-state index is 12.6. The van der Waals surface area contributed by atoms with Crippen LogP contribution in [0.1, 0.15) is 11.7 Å². The Kier molecular flexibility index (Phi) is 5.69. The van der Waals surface area contributed by atoms with Crippen molar-refractivity contribution in [3.05, 3.63) is 60.2 Å². The van der Waals surface area contributed by atoms with Gasteiger partial charge in [0, 0.05) is 9.79 Å². The van der Waals surface area contributed by atoms with Gasteiger partial charge in [-0.15, -0.1) is 0 Å². The van der Waals surface area contributed by atoms with E-state index in [1.54, 1.807) is 0 Å². The molecule has 1 fully saturated rings. The molecule has 4 nitrogen and oxygen atoms in total. The molecule has 1 saturated heterocycles. The molecule has 1 unspecified atom stereocenters. The number of quaternary nitrogens is 1. The van der Waals surface area contributed by atoms with Crippen LogP contribution in [0.2, 0.25) is 0 Å². The van der Waals surface area contributed by atoms with Crippen molar-refractivity contribution in [1.29, 1.82) is 0 Å². The summed E-state index contributed by atoms with van der Waals surface area (Å²) in [5, 5.41) is 0. The Bertz CT molecular complexity index is 702. The SMILES string of the molecule is C[N+](C)(C)C[C@@H]1CO[C@@H](c2ccc(S(=O)c3ccccc3)cc2)CO1. The molecule has 0 spiro atoms. The molecule has 0 saturated carbocycles. The van der Waals surface area contributed by atoms with Gasteiger partial charge in [-0.3, -0.25) is 0 Å². The van der Waals surface area contributed by atoms with E-state index in [0.29, 0.717) is 13.2 Å². The molecule has 0 N–H and O–H groups in total. The van der Waals surface area contributed by atoms with Gasteiger partial charge in [-0.1, -0.05) is 30.3 Å². The highest BCUT2D eigenvalue weighted by Gasteiger charge is 2.27. The molecule has 5 heteroatoms. The quantitative estimate of drug-likeness (QED) is 0.769. The van der Waals surface area contributed by atoms with E-state index < -0.39 is 10.8 Å². The van der Waals surface area contributed by atoms with Crippen molar-refractivity contribution in [3.8, 4) is 0 Å². The maximum Gasteiger partial charge on any atom is 0.130 e. The molecule has 2 aromatic carbocycles. The second kappa shape index (κ2) is 7.79. The summed E-state index contributed by atoms with van der Waals surface area (Å²) in [6.07, 6.45) is 0.0871. The Morgan fingerprint density at radius 2 is 1.56 bits per heavy atom. The van der Waals surface area contributed by atoms with Crippen LogP contribution >= 0.6 is 0 Å². The highest BCUT2D eigenvalue weighted by molar-refractivity contribution is 7.85. The van der Waals surface area contributed by atoms with E-state index in [1.165, 1.54) is 0 Å². The number of hydrogen-bond donors (Lipinski definition) is 0. The average Bonchev–Trinajstić information content (AvgIpc) is 2.61. The van der Waals surface area contributed by atoms with Crippen molar-refractivity contribution in [2.24, 2.45) is 0 Å². The first kappa shape index (κ1) is 18.3. The van der Waals surface area contributed by atoms with E-state index in [9.17, 15) is 4.21 Å². The van der Waals surface area contributed by atoms with Gasteiger partial charge in [0.25, 0.3) is 0 Å². The Balaban J connectivity index is 1.61. The standard InChI is InChI=1S/C20H26NO3S/c1-21(2,3)13-17-14-24-20(15-23-17)16-9-11-19(12-10-16)25(22)18-7-5-4-6-8-18/h4-12,17,20H,13-15H2,1-3H3/q+1/t17-,20-,25?/m1/s1. The molecule has 0 bridgehead atoms. The topological polar surface area (TPSA) is 35.5 Å². The Morgan fingerprint density at radius 1 is 0.920 bits per heavy atom. The highest BCUT2D eigenvalue weighted by Crippen LogP contribution is 2.25. The first-order chi connectivity index (χ1) is 11.9. The lowest BCUT2D eigenvalue weighted by atomic mass is 10.1. The summed E-state index contributed by atoms with van der Waals surface area (Å²) >= 11 is 0. The number of likely N-dealkylation sites (N-methyl/N-ethyl adjacent to an activating group) is 1. The summed E-state index contributed by atoms with van der Waals surface area (Å²) in [5.74, 6) is 0. The number of benzene rings is 2. The van der Waals surface area contributed by atoms with Crippen molar-refractivity contribution < 1.29 is 18.2 Å². The maximum absolute atomic E-state index is 12.6. The Hall–Kier alpha value is -1.53. The van der Waals surface area contributed by atoms with Gasteiger partial charge < -0.3 is 14.0 Å². The van der Waals surface area contributed by atoms with Crippen LogP contribution in [0.4, 0.5) is 0 Å². The van der Waals surface area contributed by atoms with E-state index in [2.05, 4.69) is 21.1 Å². The predicted octanol–water partition coefficient (Wildman–Crippen LogP) is 3.02. The van der Waals surface area contributed by atoms with Gasteiger partial charge in [-0.05, 0) is 29.8 Å². The molecular weight excluding hydrogens is 334 g/mol. The summed E-state index contributed by atoms with van der Waals surface area (Å²) in [6.45, 7) is 2.10. The fourth-order valence-corrected chi connectivity index (χ4v) is 4.00. The zero-order valence-corrected chi connectivity index (χ0v) is 15.9. The van der Waals surface area contributed by atoms with Crippen molar-refractivity contribution in [3.63, 3.8) is 0 Å². The van der Waals surface area contributed by atoms with E-state index in [1.807, 2.05) is 54.6 Å². The van der Waals surface area contributed by atoms with Crippen molar-refractivity contribution in [1.82, 2.24) is 0 Å². The van der Waals surface area contributed by atoms with Gasteiger partial charge in [-0.25, -0.2) is 4.21 Å². The second-order valence-electron chi connectivity index (χ2n) is 7.40. The summed E-state index contributed by atoms with van der Waals surface area (Å²) in [5.41, 5.74) is 1.07. The molecule has 2 aromatic rings.